The van der Waals surface area contributed by atoms with Gasteiger partial charge in [0, 0.05) is 11.3 Å². The van der Waals surface area contributed by atoms with Gasteiger partial charge < -0.3 is 10.7 Å². The zero-order valence-corrected chi connectivity index (χ0v) is 10.2. The number of aromatic amines is 1. The van der Waals surface area contributed by atoms with Crippen molar-refractivity contribution in [2.24, 2.45) is 0 Å². The lowest BCUT2D eigenvalue weighted by molar-refractivity contribution is -0.136. The van der Waals surface area contributed by atoms with Gasteiger partial charge in [-0.05, 0) is 18.2 Å². The van der Waals surface area contributed by atoms with Crippen LogP contribution in [-0.4, -0.2) is 9.97 Å². The first-order valence-corrected chi connectivity index (χ1v) is 5.87. The molecule has 3 rings (SSSR count). The van der Waals surface area contributed by atoms with Crippen molar-refractivity contribution in [3.63, 3.8) is 0 Å². The number of para-hydroxylation sites is 2. The van der Waals surface area contributed by atoms with E-state index in [1.807, 2.05) is 0 Å². The van der Waals surface area contributed by atoms with Gasteiger partial charge in [0.1, 0.15) is 5.82 Å². The molecule has 0 aliphatic heterocycles. The number of nitrogens with zero attached hydrogens (tertiary/aromatic N) is 1. The van der Waals surface area contributed by atoms with E-state index in [1.54, 1.807) is 24.3 Å². The highest BCUT2D eigenvalue weighted by molar-refractivity contribution is 5.81. The van der Waals surface area contributed by atoms with Gasteiger partial charge in [-0.2, -0.15) is 13.2 Å². The molecule has 0 saturated carbocycles. The summed E-state index contributed by atoms with van der Waals surface area (Å²) in [4.78, 5) is 7.07. The molecule has 3 N–H and O–H groups in total. The summed E-state index contributed by atoms with van der Waals surface area (Å²) in [6, 6.07) is 11.1. The number of nitrogens with two attached hydrogens (primary N) is 1. The van der Waals surface area contributed by atoms with Crippen LogP contribution in [0, 0.1) is 0 Å². The quantitative estimate of drug-likeness (QED) is 0.664. The molecule has 0 unspecified atom stereocenters. The molecule has 1 heterocycles. The molecule has 6 heteroatoms. The number of imidazole rings is 1. The number of rotatable bonds is 1. The lowest BCUT2D eigenvalue weighted by Gasteiger charge is -2.13. The van der Waals surface area contributed by atoms with Crippen LogP contribution in [0.1, 0.15) is 5.56 Å². The van der Waals surface area contributed by atoms with Crippen LogP contribution in [-0.2, 0) is 6.18 Å². The van der Waals surface area contributed by atoms with Crippen molar-refractivity contribution >= 4 is 16.7 Å². The number of benzene rings is 2. The molecule has 2 aromatic carbocycles. The summed E-state index contributed by atoms with van der Waals surface area (Å²) in [7, 11) is 0. The monoisotopic (exact) mass is 277 g/mol. The van der Waals surface area contributed by atoms with Crippen molar-refractivity contribution in [2.45, 2.75) is 6.18 Å². The summed E-state index contributed by atoms with van der Waals surface area (Å²) in [5.41, 5.74) is 5.55. The third-order valence-electron chi connectivity index (χ3n) is 3.02. The number of hydrogen-bond donors (Lipinski definition) is 2. The maximum Gasteiger partial charge on any atom is 0.419 e. The largest absolute Gasteiger partial charge is 0.419 e. The van der Waals surface area contributed by atoms with Crippen LogP contribution in [0.15, 0.2) is 42.5 Å². The van der Waals surface area contributed by atoms with Crippen LogP contribution in [0.3, 0.4) is 0 Å². The summed E-state index contributed by atoms with van der Waals surface area (Å²) in [6.07, 6.45) is -4.53. The molecule has 0 spiro atoms. The highest BCUT2D eigenvalue weighted by Crippen LogP contribution is 2.40. The molecule has 0 aliphatic carbocycles. The van der Waals surface area contributed by atoms with E-state index in [1.165, 1.54) is 18.2 Å². The van der Waals surface area contributed by atoms with Crippen molar-refractivity contribution < 1.29 is 13.2 Å². The molecule has 0 amide bonds. The Hall–Kier alpha value is -2.50. The number of alkyl halides is 3. The van der Waals surface area contributed by atoms with Gasteiger partial charge in [-0.15, -0.1) is 0 Å². The molecule has 3 aromatic rings. The Morgan fingerprint density at radius 2 is 1.75 bits per heavy atom. The number of anilines is 1. The van der Waals surface area contributed by atoms with E-state index in [2.05, 4.69) is 9.97 Å². The number of nitrogens with one attached hydrogen (secondary N) is 1. The average molecular weight is 277 g/mol. The fourth-order valence-electron chi connectivity index (χ4n) is 2.16. The van der Waals surface area contributed by atoms with Gasteiger partial charge in [0.05, 0.1) is 16.6 Å². The molecule has 0 atom stereocenters. The Bertz CT molecular complexity index is 742. The van der Waals surface area contributed by atoms with Crippen LogP contribution in [0.25, 0.3) is 22.4 Å². The van der Waals surface area contributed by atoms with Crippen LogP contribution in [0.2, 0.25) is 0 Å². The van der Waals surface area contributed by atoms with E-state index < -0.39 is 11.7 Å². The lowest BCUT2D eigenvalue weighted by atomic mass is 10.0. The Kier molecular flexibility index (Phi) is 2.67. The lowest BCUT2D eigenvalue weighted by Crippen LogP contribution is -2.11. The van der Waals surface area contributed by atoms with Crippen molar-refractivity contribution in [2.75, 3.05) is 5.73 Å². The molecule has 0 aliphatic rings. The molecule has 0 bridgehead atoms. The first kappa shape index (κ1) is 12.5. The maximum absolute atomic E-state index is 13.1. The zero-order chi connectivity index (χ0) is 14.3. The van der Waals surface area contributed by atoms with Gasteiger partial charge in [0.15, 0.2) is 0 Å². The predicted octanol–water partition coefficient (Wildman–Crippen LogP) is 3.83. The van der Waals surface area contributed by atoms with Crippen LogP contribution in [0.4, 0.5) is 18.9 Å². The molecule has 1 aromatic heterocycles. The summed E-state index contributed by atoms with van der Waals surface area (Å²) >= 11 is 0. The molecular weight excluding hydrogens is 267 g/mol. The molecule has 102 valence electrons. The fourth-order valence-corrected chi connectivity index (χ4v) is 2.16. The van der Waals surface area contributed by atoms with Crippen LogP contribution in [0.5, 0.6) is 0 Å². The van der Waals surface area contributed by atoms with Gasteiger partial charge in [0.25, 0.3) is 0 Å². The number of hydrogen-bond acceptors (Lipinski definition) is 2. The number of aromatic nitrogens is 2. The van der Waals surface area contributed by atoms with Crippen LogP contribution >= 0.6 is 0 Å². The minimum absolute atomic E-state index is 0.0475. The van der Waals surface area contributed by atoms with Crippen molar-refractivity contribution in [1.82, 2.24) is 9.97 Å². The van der Waals surface area contributed by atoms with Crippen molar-refractivity contribution in [3.05, 3.63) is 48.0 Å². The second-order valence-electron chi connectivity index (χ2n) is 4.37. The van der Waals surface area contributed by atoms with Gasteiger partial charge in [-0.25, -0.2) is 4.98 Å². The topological polar surface area (TPSA) is 54.7 Å². The van der Waals surface area contributed by atoms with E-state index in [0.29, 0.717) is 11.0 Å². The Morgan fingerprint density at radius 3 is 2.45 bits per heavy atom. The summed E-state index contributed by atoms with van der Waals surface area (Å²) in [5, 5.41) is 0. The van der Waals surface area contributed by atoms with Gasteiger partial charge in [0.2, 0.25) is 0 Å². The molecule has 20 heavy (non-hydrogen) atoms. The minimum atomic E-state index is -4.53. The standard InChI is InChI=1S/C14H10F3N3/c15-14(16,17)12-8(4-3-5-9(12)18)13-19-10-6-1-2-7-11(10)20-13/h1-7H,18H2,(H,19,20). The first-order chi connectivity index (χ1) is 9.47. The maximum atomic E-state index is 13.1. The molecule has 0 saturated heterocycles. The molecule has 0 fully saturated rings. The molecular formula is C14H10F3N3. The molecule has 3 nitrogen and oxygen atoms in total. The van der Waals surface area contributed by atoms with Crippen molar-refractivity contribution in [3.8, 4) is 11.4 Å². The summed E-state index contributed by atoms with van der Waals surface area (Å²) in [5.74, 6) is 0.158. The SMILES string of the molecule is Nc1cccc(-c2nc3ccccc3[nH]2)c1C(F)(F)F. The third kappa shape index (κ3) is 1.99. The van der Waals surface area contributed by atoms with E-state index in [4.69, 9.17) is 5.73 Å². The fraction of sp³-hybridized carbons (Fsp3) is 0.0714. The minimum Gasteiger partial charge on any atom is -0.398 e. The Balaban J connectivity index is 2.26. The van der Waals surface area contributed by atoms with E-state index in [9.17, 15) is 13.2 Å². The summed E-state index contributed by atoms with van der Waals surface area (Å²) < 4.78 is 39.4. The van der Waals surface area contributed by atoms with E-state index in [0.717, 1.165) is 0 Å². The highest BCUT2D eigenvalue weighted by Gasteiger charge is 2.36. The average Bonchev–Trinajstić information content (AvgIpc) is 2.80. The Labute approximate surface area is 112 Å². The number of fused-ring (bicyclic) bond motifs is 1. The van der Waals surface area contributed by atoms with Crippen LogP contribution < -0.4 is 5.73 Å². The highest BCUT2D eigenvalue weighted by atomic mass is 19.4. The van der Waals surface area contributed by atoms with Crippen molar-refractivity contribution in [1.29, 1.82) is 0 Å². The number of nitrogen functional groups attached to an aromatic ring is 1. The van der Waals surface area contributed by atoms with Gasteiger partial charge in [-0.3, -0.25) is 0 Å². The number of H-pyrrole nitrogens is 1. The zero-order valence-electron chi connectivity index (χ0n) is 10.2. The number of halogens is 3. The Morgan fingerprint density at radius 1 is 1.00 bits per heavy atom. The van der Waals surface area contributed by atoms with E-state index >= 15 is 0 Å². The first-order valence-electron chi connectivity index (χ1n) is 5.87. The third-order valence-corrected chi connectivity index (χ3v) is 3.02. The van der Waals surface area contributed by atoms with Gasteiger partial charge >= 0.3 is 6.18 Å². The van der Waals surface area contributed by atoms with E-state index in [-0.39, 0.29) is 17.1 Å². The summed E-state index contributed by atoms with van der Waals surface area (Å²) in [6.45, 7) is 0. The second-order valence-corrected chi connectivity index (χ2v) is 4.37. The normalized spacial score (nSPS) is 11.9. The van der Waals surface area contributed by atoms with Gasteiger partial charge in [-0.1, -0.05) is 24.3 Å². The smallest absolute Gasteiger partial charge is 0.398 e. The predicted molar refractivity (Wildman–Crippen MR) is 70.9 cm³/mol. The molecule has 0 radical (unpaired) electrons. The second kappa shape index (κ2) is 4.26.